The summed E-state index contributed by atoms with van der Waals surface area (Å²) < 4.78 is 5.43. The number of aliphatic hydroxyl groups is 1. The van der Waals surface area contributed by atoms with Crippen LogP contribution >= 0.6 is 0 Å². The minimum absolute atomic E-state index is 0.0222. The van der Waals surface area contributed by atoms with Crippen molar-refractivity contribution in [1.29, 1.82) is 0 Å². The Bertz CT molecular complexity index is 1010. The van der Waals surface area contributed by atoms with Crippen LogP contribution in [0.3, 0.4) is 0 Å². The number of phenolic OH excluding ortho intramolecular Hbond substituents is 1. The Morgan fingerprint density at radius 2 is 2.11 bits per heavy atom. The molecule has 0 radical (unpaired) electrons. The molecule has 0 saturated heterocycles. The molecule has 1 aliphatic rings. The number of aromatic hydroxyl groups is 1. The van der Waals surface area contributed by atoms with E-state index in [0.29, 0.717) is 23.8 Å². The van der Waals surface area contributed by atoms with Gasteiger partial charge in [0.15, 0.2) is 0 Å². The maximum Gasteiger partial charge on any atom is 0.258 e. The van der Waals surface area contributed by atoms with Crippen molar-refractivity contribution < 1.29 is 14.7 Å². The summed E-state index contributed by atoms with van der Waals surface area (Å²) in [4.78, 5) is 4.53. The molecule has 0 amide bonds. The molecular weight excluding hydrogens is 356 g/mol. The molecule has 0 bridgehead atoms. The summed E-state index contributed by atoms with van der Waals surface area (Å²) in [7, 11) is 0. The van der Waals surface area contributed by atoms with Gasteiger partial charge in [-0.05, 0) is 56.0 Å². The molecule has 2 aromatic carbocycles. The SMILES string of the molecule is CC(C)(O)CN[C@H]1CCc2c(-c3noc(-c4ccc(O)c(N)c4)n3)cccc21. The maximum absolute atomic E-state index is 9.99. The van der Waals surface area contributed by atoms with Gasteiger partial charge in [0.05, 0.1) is 11.3 Å². The number of fused-ring (bicyclic) bond motifs is 1. The zero-order valence-electron chi connectivity index (χ0n) is 15.9. The molecule has 146 valence electrons. The molecular formula is C21H24N4O3. The molecule has 0 saturated carbocycles. The van der Waals surface area contributed by atoms with Gasteiger partial charge in [-0.25, -0.2) is 0 Å². The first-order valence-electron chi connectivity index (χ1n) is 9.32. The number of nitrogens with one attached hydrogen (secondary N) is 1. The third-order valence-corrected chi connectivity index (χ3v) is 4.99. The van der Waals surface area contributed by atoms with Crippen LogP contribution in [0.5, 0.6) is 5.75 Å². The Morgan fingerprint density at radius 3 is 2.86 bits per heavy atom. The normalized spacial score (nSPS) is 16.3. The number of anilines is 1. The maximum atomic E-state index is 9.99. The van der Waals surface area contributed by atoms with Crippen LogP contribution < -0.4 is 11.1 Å². The fourth-order valence-corrected chi connectivity index (χ4v) is 3.59. The Labute approximate surface area is 163 Å². The second-order valence-electron chi connectivity index (χ2n) is 7.85. The predicted molar refractivity (Wildman–Crippen MR) is 107 cm³/mol. The van der Waals surface area contributed by atoms with Gasteiger partial charge in [-0.3, -0.25) is 0 Å². The lowest BCUT2D eigenvalue weighted by molar-refractivity contribution is 0.0764. The lowest BCUT2D eigenvalue weighted by atomic mass is 10.0. The van der Waals surface area contributed by atoms with Crippen molar-refractivity contribution >= 4 is 5.69 Å². The standard InChI is InChI=1S/C21H24N4O3/c1-21(2,27)11-23-17-8-7-13-14(17)4-3-5-15(13)19-24-20(28-25-19)12-6-9-18(26)16(22)10-12/h3-6,9-10,17,23,26-27H,7-8,11,22H2,1-2H3/t17-/m0/s1. The van der Waals surface area contributed by atoms with Crippen molar-refractivity contribution in [3.8, 4) is 28.6 Å². The topological polar surface area (TPSA) is 117 Å². The molecule has 5 N–H and O–H groups in total. The lowest BCUT2D eigenvalue weighted by Crippen LogP contribution is -2.36. The van der Waals surface area contributed by atoms with Crippen molar-refractivity contribution in [3.05, 3.63) is 47.5 Å². The van der Waals surface area contributed by atoms with Crippen LogP contribution in [0.1, 0.15) is 37.4 Å². The number of rotatable bonds is 5. The first-order valence-corrected chi connectivity index (χ1v) is 9.32. The zero-order valence-corrected chi connectivity index (χ0v) is 15.9. The summed E-state index contributed by atoms with van der Waals surface area (Å²) in [6, 6.07) is 11.1. The first kappa shape index (κ1) is 18.5. The number of phenols is 1. The molecule has 0 spiro atoms. The van der Waals surface area contributed by atoms with Crippen molar-refractivity contribution in [2.24, 2.45) is 0 Å². The molecule has 1 heterocycles. The molecule has 3 aromatic rings. The van der Waals surface area contributed by atoms with Crippen LogP contribution in [0.4, 0.5) is 5.69 Å². The van der Waals surface area contributed by atoms with Gasteiger partial charge in [-0.1, -0.05) is 23.4 Å². The highest BCUT2D eigenvalue weighted by Gasteiger charge is 2.27. The average molecular weight is 380 g/mol. The minimum Gasteiger partial charge on any atom is -0.506 e. The van der Waals surface area contributed by atoms with Gasteiger partial charge in [0.2, 0.25) is 5.82 Å². The third-order valence-electron chi connectivity index (χ3n) is 4.99. The molecule has 28 heavy (non-hydrogen) atoms. The molecule has 0 unspecified atom stereocenters. The van der Waals surface area contributed by atoms with E-state index >= 15 is 0 Å². The smallest absolute Gasteiger partial charge is 0.258 e. The Hall–Kier alpha value is -2.90. The van der Waals surface area contributed by atoms with Gasteiger partial charge in [0.25, 0.3) is 5.89 Å². The number of hydrogen-bond acceptors (Lipinski definition) is 7. The Kier molecular flexibility index (Phi) is 4.56. The van der Waals surface area contributed by atoms with Gasteiger partial charge in [0.1, 0.15) is 5.75 Å². The largest absolute Gasteiger partial charge is 0.506 e. The number of aromatic nitrogens is 2. The second kappa shape index (κ2) is 6.92. The van der Waals surface area contributed by atoms with Crippen molar-refractivity contribution in [3.63, 3.8) is 0 Å². The quantitative estimate of drug-likeness (QED) is 0.397. The van der Waals surface area contributed by atoms with E-state index in [1.807, 2.05) is 12.1 Å². The number of benzene rings is 2. The second-order valence-corrected chi connectivity index (χ2v) is 7.85. The summed E-state index contributed by atoms with van der Waals surface area (Å²) in [6.45, 7) is 4.11. The van der Waals surface area contributed by atoms with Crippen LogP contribution in [0.2, 0.25) is 0 Å². The lowest BCUT2D eigenvalue weighted by Gasteiger charge is -2.22. The van der Waals surface area contributed by atoms with Crippen molar-refractivity contribution in [1.82, 2.24) is 15.5 Å². The van der Waals surface area contributed by atoms with Crippen molar-refractivity contribution in [2.45, 2.75) is 38.3 Å². The fourth-order valence-electron chi connectivity index (χ4n) is 3.59. The summed E-state index contributed by atoms with van der Waals surface area (Å²) in [5.41, 5.74) is 9.29. The molecule has 0 aliphatic heterocycles. The van der Waals surface area contributed by atoms with Gasteiger partial charge >= 0.3 is 0 Å². The third kappa shape index (κ3) is 3.58. The number of nitrogen functional groups attached to an aromatic ring is 1. The van der Waals surface area contributed by atoms with E-state index in [2.05, 4.69) is 21.5 Å². The van der Waals surface area contributed by atoms with Crippen LogP contribution in [0.15, 0.2) is 40.9 Å². The molecule has 7 heteroatoms. The van der Waals surface area contributed by atoms with E-state index in [1.165, 1.54) is 17.2 Å². The van der Waals surface area contributed by atoms with Gasteiger partial charge in [-0.2, -0.15) is 4.98 Å². The van der Waals surface area contributed by atoms with E-state index in [9.17, 15) is 10.2 Å². The molecule has 0 fully saturated rings. The number of nitrogens with zero attached hydrogens (tertiary/aromatic N) is 2. The van der Waals surface area contributed by atoms with Crippen LogP contribution in [0.25, 0.3) is 22.8 Å². The van der Waals surface area contributed by atoms with Crippen molar-refractivity contribution in [2.75, 3.05) is 12.3 Å². The van der Waals surface area contributed by atoms with Gasteiger partial charge < -0.3 is 25.8 Å². The molecule has 7 nitrogen and oxygen atoms in total. The summed E-state index contributed by atoms with van der Waals surface area (Å²) in [5, 5.41) is 27.2. The summed E-state index contributed by atoms with van der Waals surface area (Å²) in [5.74, 6) is 0.907. The minimum atomic E-state index is -0.755. The van der Waals surface area contributed by atoms with Crippen LogP contribution in [-0.2, 0) is 6.42 Å². The Morgan fingerprint density at radius 1 is 1.29 bits per heavy atom. The molecule has 1 atom stereocenters. The highest BCUT2D eigenvalue weighted by molar-refractivity contribution is 5.68. The number of hydrogen-bond donors (Lipinski definition) is 4. The monoisotopic (exact) mass is 380 g/mol. The van der Waals surface area contributed by atoms with E-state index < -0.39 is 5.60 Å². The zero-order chi connectivity index (χ0) is 19.9. The fraction of sp³-hybridized carbons (Fsp3) is 0.333. The highest BCUT2D eigenvalue weighted by Crippen LogP contribution is 2.37. The van der Waals surface area contributed by atoms with Gasteiger partial charge in [-0.15, -0.1) is 0 Å². The number of nitrogens with two attached hydrogens (primary N) is 1. The Balaban J connectivity index is 1.62. The summed E-state index contributed by atoms with van der Waals surface area (Å²) >= 11 is 0. The summed E-state index contributed by atoms with van der Waals surface area (Å²) in [6.07, 6.45) is 1.87. The van der Waals surface area contributed by atoms with E-state index in [1.54, 1.807) is 26.0 Å². The van der Waals surface area contributed by atoms with E-state index in [-0.39, 0.29) is 17.5 Å². The van der Waals surface area contributed by atoms with E-state index in [0.717, 1.165) is 18.4 Å². The van der Waals surface area contributed by atoms with Gasteiger partial charge in [0, 0.05) is 23.7 Å². The van der Waals surface area contributed by atoms with Crippen LogP contribution in [0, 0.1) is 0 Å². The molecule has 1 aromatic heterocycles. The highest BCUT2D eigenvalue weighted by atomic mass is 16.5. The first-order chi connectivity index (χ1) is 13.3. The predicted octanol–water partition coefficient (Wildman–Crippen LogP) is 3.04. The van der Waals surface area contributed by atoms with E-state index in [4.69, 9.17) is 10.3 Å². The average Bonchev–Trinajstić information content (AvgIpc) is 3.28. The van der Waals surface area contributed by atoms with Crippen LogP contribution in [-0.4, -0.2) is 32.5 Å². The molecule has 4 rings (SSSR count). The molecule has 1 aliphatic carbocycles.